The predicted molar refractivity (Wildman–Crippen MR) is 60.3 cm³/mol. The lowest BCUT2D eigenvalue weighted by atomic mass is 9.72. The van der Waals surface area contributed by atoms with Gasteiger partial charge < -0.3 is 10.5 Å². The van der Waals surface area contributed by atoms with Crippen LogP contribution in [0, 0.1) is 11.3 Å². The van der Waals surface area contributed by atoms with E-state index >= 15 is 0 Å². The van der Waals surface area contributed by atoms with Gasteiger partial charge in [-0.2, -0.15) is 0 Å². The summed E-state index contributed by atoms with van der Waals surface area (Å²) in [5, 5.41) is 0. The van der Waals surface area contributed by atoms with Crippen LogP contribution in [0.3, 0.4) is 0 Å². The first kappa shape index (κ1) is 12.5. The van der Waals surface area contributed by atoms with Crippen molar-refractivity contribution in [1.29, 1.82) is 0 Å². The number of hydrogen-bond acceptors (Lipinski definition) is 3. The molecule has 3 nitrogen and oxygen atoms in total. The first-order valence-corrected chi connectivity index (χ1v) is 5.78. The van der Waals surface area contributed by atoms with Gasteiger partial charge in [0.1, 0.15) is 6.04 Å². The van der Waals surface area contributed by atoms with Crippen LogP contribution in [0.5, 0.6) is 0 Å². The second-order valence-electron chi connectivity index (χ2n) is 5.47. The number of carbonyl (C=O) groups is 1. The van der Waals surface area contributed by atoms with Crippen molar-refractivity contribution in [2.75, 3.05) is 7.11 Å². The molecule has 0 saturated heterocycles. The second kappa shape index (κ2) is 4.97. The highest BCUT2D eigenvalue weighted by Crippen LogP contribution is 2.39. The van der Waals surface area contributed by atoms with Crippen LogP contribution in [-0.4, -0.2) is 19.1 Å². The molecule has 1 unspecified atom stereocenters. The summed E-state index contributed by atoms with van der Waals surface area (Å²) in [5.74, 6) is 0.326. The molecule has 0 aromatic carbocycles. The van der Waals surface area contributed by atoms with Crippen molar-refractivity contribution in [2.24, 2.45) is 17.1 Å². The fourth-order valence-electron chi connectivity index (χ4n) is 2.30. The van der Waals surface area contributed by atoms with Gasteiger partial charge in [0, 0.05) is 0 Å². The van der Waals surface area contributed by atoms with E-state index in [2.05, 4.69) is 18.6 Å². The average molecular weight is 213 g/mol. The van der Waals surface area contributed by atoms with Gasteiger partial charge in [-0.15, -0.1) is 0 Å². The summed E-state index contributed by atoms with van der Waals surface area (Å²) in [4.78, 5) is 11.2. The smallest absolute Gasteiger partial charge is 0.322 e. The van der Waals surface area contributed by atoms with Gasteiger partial charge in [0.2, 0.25) is 0 Å². The molecule has 0 bridgehead atoms. The Morgan fingerprint density at radius 3 is 2.47 bits per heavy atom. The topological polar surface area (TPSA) is 52.3 Å². The first-order valence-electron chi connectivity index (χ1n) is 5.78. The summed E-state index contributed by atoms with van der Waals surface area (Å²) in [6, 6.07) is -0.429. The second-order valence-corrected chi connectivity index (χ2v) is 5.47. The Kier molecular flexibility index (Phi) is 4.14. The van der Waals surface area contributed by atoms with Gasteiger partial charge in [0.15, 0.2) is 0 Å². The monoisotopic (exact) mass is 213 g/mol. The van der Waals surface area contributed by atoms with Crippen LogP contribution in [0.15, 0.2) is 0 Å². The molecule has 0 aromatic heterocycles. The SMILES string of the molecule is COC(=O)C(N)CC1CCC(C)(C)CC1. The fourth-order valence-corrected chi connectivity index (χ4v) is 2.30. The Hall–Kier alpha value is -0.570. The molecule has 0 heterocycles. The molecule has 2 N–H and O–H groups in total. The highest BCUT2D eigenvalue weighted by molar-refractivity contribution is 5.75. The molecule has 88 valence electrons. The quantitative estimate of drug-likeness (QED) is 0.730. The zero-order valence-corrected chi connectivity index (χ0v) is 10.1. The summed E-state index contributed by atoms with van der Waals surface area (Å²) in [7, 11) is 1.40. The number of ether oxygens (including phenoxy) is 1. The minimum Gasteiger partial charge on any atom is -0.468 e. The van der Waals surface area contributed by atoms with Crippen molar-refractivity contribution in [3.05, 3.63) is 0 Å². The van der Waals surface area contributed by atoms with E-state index in [-0.39, 0.29) is 5.97 Å². The maximum atomic E-state index is 11.2. The average Bonchev–Trinajstić information content (AvgIpc) is 2.20. The van der Waals surface area contributed by atoms with E-state index in [1.165, 1.54) is 32.8 Å². The zero-order valence-electron chi connectivity index (χ0n) is 10.1. The van der Waals surface area contributed by atoms with E-state index in [0.29, 0.717) is 11.3 Å². The third-order valence-electron chi connectivity index (χ3n) is 3.55. The summed E-state index contributed by atoms with van der Waals surface area (Å²) in [6.07, 6.45) is 5.65. The fraction of sp³-hybridized carbons (Fsp3) is 0.917. The van der Waals surface area contributed by atoms with Crippen LogP contribution >= 0.6 is 0 Å². The molecule has 0 amide bonds. The Balaban J connectivity index is 2.32. The Labute approximate surface area is 92.4 Å². The number of esters is 1. The minimum absolute atomic E-state index is 0.278. The van der Waals surface area contributed by atoms with Crippen molar-refractivity contribution in [2.45, 2.75) is 52.0 Å². The van der Waals surface area contributed by atoms with Crippen LogP contribution in [0.1, 0.15) is 46.0 Å². The van der Waals surface area contributed by atoms with Crippen molar-refractivity contribution in [1.82, 2.24) is 0 Å². The number of hydrogen-bond donors (Lipinski definition) is 1. The normalized spacial score (nSPS) is 23.5. The molecule has 0 spiro atoms. The maximum absolute atomic E-state index is 11.2. The molecule has 1 aliphatic rings. The van der Waals surface area contributed by atoms with Gasteiger partial charge in [0.05, 0.1) is 7.11 Å². The van der Waals surface area contributed by atoms with Gasteiger partial charge in [-0.25, -0.2) is 0 Å². The van der Waals surface area contributed by atoms with Crippen LogP contribution in [0.4, 0.5) is 0 Å². The number of methoxy groups -OCH3 is 1. The lowest BCUT2D eigenvalue weighted by Gasteiger charge is -2.34. The molecule has 0 radical (unpaired) electrons. The molecule has 0 aliphatic heterocycles. The minimum atomic E-state index is -0.429. The zero-order chi connectivity index (χ0) is 11.5. The highest BCUT2D eigenvalue weighted by Gasteiger charge is 2.29. The Bertz CT molecular complexity index is 216. The lowest BCUT2D eigenvalue weighted by Crippen LogP contribution is -2.35. The van der Waals surface area contributed by atoms with Crippen LogP contribution in [-0.2, 0) is 9.53 Å². The van der Waals surface area contributed by atoms with Gasteiger partial charge in [-0.1, -0.05) is 13.8 Å². The van der Waals surface area contributed by atoms with E-state index in [4.69, 9.17) is 5.73 Å². The summed E-state index contributed by atoms with van der Waals surface area (Å²) in [6.45, 7) is 4.62. The number of carbonyl (C=O) groups excluding carboxylic acids is 1. The van der Waals surface area contributed by atoms with Crippen molar-refractivity contribution < 1.29 is 9.53 Å². The van der Waals surface area contributed by atoms with E-state index in [1.807, 2.05) is 0 Å². The summed E-state index contributed by atoms with van der Waals surface area (Å²) < 4.78 is 4.63. The largest absolute Gasteiger partial charge is 0.468 e. The Morgan fingerprint density at radius 1 is 1.47 bits per heavy atom. The standard InChI is InChI=1S/C12H23NO2/c1-12(2)6-4-9(5-7-12)8-10(13)11(14)15-3/h9-10H,4-8,13H2,1-3H3. The van der Waals surface area contributed by atoms with Gasteiger partial charge >= 0.3 is 5.97 Å². The Morgan fingerprint density at radius 2 is 2.00 bits per heavy atom. The summed E-state index contributed by atoms with van der Waals surface area (Å²) in [5.41, 5.74) is 6.23. The van der Waals surface area contributed by atoms with E-state index < -0.39 is 6.04 Å². The molecule has 1 aliphatic carbocycles. The van der Waals surface area contributed by atoms with Crippen molar-refractivity contribution in [3.8, 4) is 0 Å². The molecular weight excluding hydrogens is 190 g/mol. The lowest BCUT2D eigenvalue weighted by molar-refractivity contribution is -0.142. The molecule has 1 rings (SSSR count). The first-order chi connectivity index (χ1) is 6.94. The van der Waals surface area contributed by atoms with E-state index in [1.54, 1.807) is 0 Å². The molecule has 3 heteroatoms. The molecule has 1 atom stereocenters. The van der Waals surface area contributed by atoms with Gasteiger partial charge in [-0.3, -0.25) is 4.79 Å². The van der Waals surface area contributed by atoms with E-state index in [0.717, 1.165) is 6.42 Å². The van der Waals surface area contributed by atoms with Crippen molar-refractivity contribution >= 4 is 5.97 Å². The van der Waals surface area contributed by atoms with Gasteiger partial charge in [0.25, 0.3) is 0 Å². The third kappa shape index (κ3) is 3.82. The van der Waals surface area contributed by atoms with Crippen LogP contribution in [0.2, 0.25) is 0 Å². The van der Waals surface area contributed by atoms with Crippen LogP contribution < -0.4 is 5.73 Å². The maximum Gasteiger partial charge on any atom is 0.322 e. The third-order valence-corrected chi connectivity index (χ3v) is 3.55. The highest BCUT2D eigenvalue weighted by atomic mass is 16.5. The molecule has 0 aromatic rings. The van der Waals surface area contributed by atoms with Crippen molar-refractivity contribution in [3.63, 3.8) is 0 Å². The number of rotatable bonds is 3. The summed E-state index contributed by atoms with van der Waals surface area (Å²) >= 11 is 0. The molecule has 15 heavy (non-hydrogen) atoms. The molecular formula is C12H23NO2. The predicted octanol–water partition coefficient (Wildman–Crippen LogP) is 2.09. The van der Waals surface area contributed by atoms with E-state index in [9.17, 15) is 4.79 Å². The van der Waals surface area contributed by atoms with Gasteiger partial charge in [-0.05, 0) is 43.4 Å². The molecule has 1 saturated carbocycles. The molecule has 1 fully saturated rings. The number of nitrogens with two attached hydrogens (primary N) is 1. The van der Waals surface area contributed by atoms with Crippen LogP contribution in [0.25, 0.3) is 0 Å².